The van der Waals surface area contributed by atoms with Gasteiger partial charge in [-0.2, -0.15) is 0 Å². The number of amides is 3. The van der Waals surface area contributed by atoms with E-state index in [9.17, 15) is 34.5 Å². The first-order valence-electron chi connectivity index (χ1n) is 11.3. The van der Waals surface area contributed by atoms with Gasteiger partial charge >= 0.3 is 5.97 Å². The maximum atomic E-state index is 13.3. The van der Waals surface area contributed by atoms with Crippen molar-refractivity contribution in [3.8, 4) is 0 Å². The van der Waals surface area contributed by atoms with Crippen molar-refractivity contribution in [1.82, 2.24) is 25.9 Å². The highest BCUT2D eigenvalue weighted by atomic mass is 16.4. The molecule has 0 aliphatic carbocycles. The van der Waals surface area contributed by atoms with E-state index in [2.05, 4.69) is 25.9 Å². The topological polar surface area (TPSA) is 220 Å². The van der Waals surface area contributed by atoms with E-state index in [0.29, 0.717) is 11.3 Å². The number of carboxylic acid groups (broad SMARTS) is 1. The van der Waals surface area contributed by atoms with E-state index in [1.807, 2.05) is 0 Å². The molecule has 36 heavy (non-hydrogen) atoms. The van der Waals surface area contributed by atoms with Crippen LogP contribution in [0.5, 0.6) is 0 Å². The van der Waals surface area contributed by atoms with Gasteiger partial charge in [0.25, 0.3) is 0 Å². The van der Waals surface area contributed by atoms with Gasteiger partial charge in [-0.1, -0.05) is 30.3 Å². The van der Waals surface area contributed by atoms with Gasteiger partial charge in [-0.15, -0.1) is 0 Å². The van der Waals surface area contributed by atoms with E-state index in [1.54, 1.807) is 30.3 Å². The number of aliphatic hydroxyl groups excluding tert-OH is 2. The summed E-state index contributed by atoms with van der Waals surface area (Å²) in [7, 11) is 0. The van der Waals surface area contributed by atoms with Crippen molar-refractivity contribution >= 4 is 23.7 Å². The molecule has 0 radical (unpaired) electrons. The number of nitrogens with two attached hydrogens (primary N) is 1. The van der Waals surface area contributed by atoms with Crippen LogP contribution in [0.2, 0.25) is 0 Å². The van der Waals surface area contributed by atoms with Crippen LogP contribution < -0.4 is 21.7 Å². The second-order valence-corrected chi connectivity index (χ2v) is 8.42. The fourth-order valence-electron chi connectivity index (χ4n) is 3.29. The summed E-state index contributed by atoms with van der Waals surface area (Å²) in [5.41, 5.74) is 6.88. The Bertz CT molecular complexity index is 1010. The second-order valence-electron chi connectivity index (χ2n) is 8.42. The van der Waals surface area contributed by atoms with E-state index < -0.39 is 60.1 Å². The van der Waals surface area contributed by atoms with Gasteiger partial charge in [0.2, 0.25) is 17.7 Å². The minimum absolute atomic E-state index is 0.0504. The molecular formula is C23H32N6O7. The van der Waals surface area contributed by atoms with Crippen LogP contribution in [0.25, 0.3) is 0 Å². The minimum atomic E-state index is -1.61. The van der Waals surface area contributed by atoms with Crippen LogP contribution in [0.4, 0.5) is 0 Å². The largest absolute Gasteiger partial charge is 0.480 e. The Morgan fingerprint density at radius 3 is 2.03 bits per heavy atom. The average molecular weight is 505 g/mol. The number of carboxylic acids is 1. The number of rotatable bonds is 13. The molecule has 0 bridgehead atoms. The van der Waals surface area contributed by atoms with Gasteiger partial charge in [0.15, 0.2) is 6.04 Å². The van der Waals surface area contributed by atoms with E-state index in [4.69, 9.17) is 5.73 Å². The Morgan fingerprint density at radius 1 is 0.917 bits per heavy atom. The highest BCUT2D eigenvalue weighted by molar-refractivity contribution is 5.94. The Labute approximate surface area is 207 Å². The number of H-pyrrole nitrogens is 1. The average Bonchev–Trinajstić information content (AvgIpc) is 3.34. The van der Waals surface area contributed by atoms with Crippen LogP contribution in [0.3, 0.4) is 0 Å². The molecule has 0 aliphatic heterocycles. The lowest BCUT2D eigenvalue weighted by atomic mass is 10.0. The molecule has 1 aromatic heterocycles. The molecular weight excluding hydrogens is 472 g/mol. The molecule has 196 valence electrons. The van der Waals surface area contributed by atoms with Crippen LogP contribution in [0.1, 0.15) is 25.1 Å². The highest BCUT2D eigenvalue weighted by Crippen LogP contribution is 2.07. The summed E-state index contributed by atoms with van der Waals surface area (Å²) in [6.45, 7) is 2.54. The van der Waals surface area contributed by atoms with Crippen LogP contribution in [-0.2, 0) is 32.0 Å². The molecule has 0 aliphatic rings. The molecule has 0 fully saturated rings. The van der Waals surface area contributed by atoms with Crippen molar-refractivity contribution in [3.63, 3.8) is 0 Å². The lowest BCUT2D eigenvalue weighted by molar-refractivity contribution is -0.145. The number of hydrogen-bond acceptors (Lipinski definition) is 8. The Morgan fingerprint density at radius 2 is 1.50 bits per heavy atom. The summed E-state index contributed by atoms with van der Waals surface area (Å²) in [6.07, 6.45) is 0.204. The maximum Gasteiger partial charge on any atom is 0.328 e. The summed E-state index contributed by atoms with van der Waals surface area (Å²) < 4.78 is 0. The lowest BCUT2D eigenvalue weighted by Gasteiger charge is -2.26. The summed E-state index contributed by atoms with van der Waals surface area (Å²) in [6, 6.07) is 3.44. The molecule has 0 saturated heterocycles. The monoisotopic (exact) mass is 504 g/mol. The number of hydrogen-bond donors (Lipinski definition) is 8. The zero-order chi connectivity index (χ0) is 26.8. The number of nitrogens with one attached hydrogen (secondary N) is 4. The normalized spacial score (nSPS) is 16.0. The number of carbonyl (C=O) groups excluding carboxylic acids is 3. The van der Waals surface area contributed by atoms with Crippen molar-refractivity contribution in [1.29, 1.82) is 0 Å². The molecule has 3 amide bonds. The van der Waals surface area contributed by atoms with Crippen molar-refractivity contribution in [2.45, 2.75) is 63.1 Å². The Kier molecular flexibility index (Phi) is 10.5. The van der Waals surface area contributed by atoms with Crippen molar-refractivity contribution in [2.75, 3.05) is 0 Å². The number of carbonyl (C=O) groups is 4. The molecule has 6 unspecified atom stereocenters. The van der Waals surface area contributed by atoms with Gasteiger partial charge in [-0.25, -0.2) is 9.78 Å². The van der Waals surface area contributed by atoms with Crippen LogP contribution in [0, 0.1) is 0 Å². The van der Waals surface area contributed by atoms with E-state index in [0.717, 1.165) is 0 Å². The summed E-state index contributed by atoms with van der Waals surface area (Å²) in [4.78, 5) is 56.8. The van der Waals surface area contributed by atoms with Crippen LogP contribution in [-0.4, -0.2) is 85.4 Å². The predicted molar refractivity (Wildman–Crippen MR) is 127 cm³/mol. The van der Waals surface area contributed by atoms with Crippen molar-refractivity contribution in [2.24, 2.45) is 5.73 Å². The van der Waals surface area contributed by atoms with Gasteiger partial charge in [0.05, 0.1) is 18.5 Å². The SMILES string of the molecule is CC(O)C(N)C(=O)NC(Cc1ccccc1)C(=O)NC(Cc1cnc[nH]1)C(=O)NC(C(=O)O)C(C)O. The number of aromatic nitrogens is 2. The standard InChI is InChI=1S/C23H32N6O7/c1-12(30)18(24)22(34)28-16(8-14-6-4-3-5-7-14)20(32)27-17(9-15-10-25-11-26-15)21(33)29-19(13(2)31)23(35)36/h3-7,10-13,16-19,30-31H,8-9,24H2,1-2H3,(H,25,26)(H,27,32)(H,28,34)(H,29,33)(H,35,36). The molecule has 2 rings (SSSR count). The van der Waals surface area contributed by atoms with Crippen molar-refractivity contribution < 1.29 is 34.5 Å². The van der Waals surface area contributed by atoms with Gasteiger partial charge < -0.3 is 42.0 Å². The number of nitrogens with zero attached hydrogens (tertiary/aromatic N) is 1. The summed E-state index contributed by atoms with van der Waals surface area (Å²) in [5.74, 6) is -3.83. The number of aliphatic hydroxyl groups is 2. The zero-order valence-electron chi connectivity index (χ0n) is 19.9. The molecule has 6 atom stereocenters. The van der Waals surface area contributed by atoms with E-state index in [-0.39, 0.29) is 12.8 Å². The third kappa shape index (κ3) is 8.45. The first-order valence-corrected chi connectivity index (χ1v) is 11.3. The number of benzene rings is 1. The second kappa shape index (κ2) is 13.3. The molecule has 9 N–H and O–H groups in total. The Balaban J connectivity index is 2.28. The summed E-state index contributed by atoms with van der Waals surface area (Å²) >= 11 is 0. The molecule has 13 nitrogen and oxygen atoms in total. The number of imidazole rings is 1. The fraction of sp³-hybridized carbons (Fsp3) is 0.435. The molecule has 0 saturated carbocycles. The zero-order valence-corrected chi connectivity index (χ0v) is 19.9. The molecule has 2 aromatic rings. The highest BCUT2D eigenvalue weighted by Gasteiger charge is 2.32. The van der Waals surface area contributed by atoms with Crippen LogP contribution >= 0.6 is 0 Å². The van der Waals surface area contributed by atoms with Crippen molar-refractivity contribution in [3.05, 3.63) is 54.1 Å². The first kappa shape index (κ1) is 28.4. The quantitative estimate of drug-likeness (QED) is 0.148. The molecule has 1 aromatic carbocycles. The fourth-order valence-corrected chi connectivity index (χ4v) is 3.29. The summed E-state index contributed by atoms with van der Waals surface area (Å²) in [5, 5.41) is 35.9. The third-order valence-corrected chi connectivity index (χ3v) is 5.40. The number of aromatic amines is 1. The Hall–Kier alpha value is -3.81. The maximum absolute atomic E-state index is 13.3. The smallest absolute Gasteiger partial charge is 0.328 e. The van der Waals surface area contributed by atoms with E-state index in [1.165, 1.54) is 26.4 Å². The molecule has 0 spiro atoms. The minimum Gasteiger partial charge on any atom is -0.480 e. The van der Waals surface area contributed by atoms with Crippen LogP contribution in [0.15, 0.2) is 42.9 Å². The lowest BCUT2D eigenvalue weighted by Crippen LogP contribution is -2.59. The molecule has 1 heterocycles. The number of aliphatic carboxylic acids is 1. The van der Waals surface area contributed by atoms with E-state index >= 15 is 0 Å². The third-order valence-electron chi connectivity index (χ3n) is 5.40. The predicted octanol–water partition coefficient (Wildman–Crippen LogP) is -2.18. The first-order chi connectivity index (χ1) is 17.0. The van der Waals surface area contributed by atoms with Gasteiger partial charge in [0.1, 0.15) is 18.1 Å². The van der Waals surface area contributed by atoms with Gasteiger partial charge in [0, 0.05) is 24.7 Å². The van der Waals surface area contributed by atoms with Gasteiger partial charge in [-0.05, 0) is 19.4 Å². The molecule has 13 heteroatoms. The van der Waals surface area contributed by atoms with Gasteiger partial charge in [-0.3, -0.25) is 14.4 Å².